The quantitative estimate of drug-likeness (QED) is 0.858. The Bertz CT molecular complexity index is 771. The van der Waals surface area contributed by atoms with E-state index in [1.54, 1.807) is 44.9 Å². The second-order valence-corrected chi connectivity index (χ2v) is 8.11. The van der Waals surface area contributed by atoms with Gasteiger partial charge >= 0.3 is 0 Å². The molecule has 0 aromatic heterocycles. The minimum absolute atomic E-state index is 0.0843. The van der Waals surface area contributed by atoms with Gasteiger partial charge in [-0.05, 0) is 30.5 Å². The van der Waals surface area contributed by atoms with E-state index >= 15 is 0 Å². The lowest BCUT2D eigenvalue weighted by molar-refractivity contribution is -0.131. The van der Waals surface area contributed by atoms with E-state index in [0.717, 1.165) is 18.4 Å². The van der Waals surface area contributed by atoms with Gasteiger partial charge in [0.25, 0.3) is 5.91 Å². The van der Waals surface area contributed by atoms with Gasteiger partial charge in [0, 0.05) is 18.6 Å². The van der Waals surface area contributed by atoms with E-state index in [0.29, 0.717) is 18.9 Å². The van der Waals surface area contributed by atoms with Crippen LogP contribution >= 0.6 is 0 Å². The normalized spacial score (nSPS) is 23.3. The number of amides is 1. The summed E-state index contributed by atoms with van der Waals surface area (Å²) in [6, 6.07) is 6.62. The first-order chi connectivity index (χ1) is 12.7. The fourth-order valence-corrected chi connectivity index (χ4v) is 3.64. The van der Waals surface area contributed by atoms with Crippen molar-refractivity contribution in [3.05, 3.63) is 41.2 Å². The van der Waals surface area contributed by atoms with E-state index in [-0.39, 0.29) is 17.5 Å². The van der Waals surface area contributed by atoms with Crippen LogP contribution in [0.25, 0.3) is 0 Å². The van der Waals surface area contributed by atoms with Gasteiger partial charge < -0.3 is 19.5 Å². The van der Waals surface area contributed by atoms with E-state index in [9.17, 15) is 14.7 Å². The first-order valence-corrected chi connectivity index (χ1v) is 9.28. The molecule has 2 unspecified atom stereocenters. The third-order valence-corrected chi connectivity index (χ3v) is 5.06. The summed E-state index contributed by atoms with van der Waals surface area (Å²) in [5, 5.41) is 10.6. The van der Waals surface area contributed by atoms with Crippen LogP contribution in [0.1, 0.15) is 45.2 Å². The number of hydrogen-bond donors (Lipinski definition) is 1. The molecule has 6 heteroatoms. The topological polar surface area (TPSA) is 76.1 Å². The molecule has 1 aromatic carbocycles. The van der Waals surface area contributed by atoms with Gasteiger partial charge in [0.05, 0.1) is 24.8 Å². The molecule has 0 aliphatic carbocycles. The van der Waals surface area contributed by atoms with Gasteiger partial charge in [0.2, 0.25) is 0 Å². The van der Waals surface area contributed by atoms with Crippen LogP contribution < -0.4 is 4.74 Å². The van der Waals surface area contributed by atoms with E-state index in [2.05, 4.69) is 0 Å². The first-order valence-electron chi connectivity index (χ1n) is 9.28. The molecule has 0 bridgehead atoms. The summed E-state index contributed by atoms with van der Waals surface area (Å²) in [7, 11) is 1.57. The highest BCUT2D eigenvalue weighted by Gasteiger charge is 2.46. The number of carbonyl (C=O) groups excluding carboxylic acids is 2. The number of rotatable bonds is 5. The van der Waals surface area contributed by atoms with Gasteiger partial charge in [-0.1, -0.05) is 32.9 Å². The van der Waals surface area contributed by atoms with Gasteiger partial charge in [-0.2, -0.15) is 0 Å². The highest BCUT2D eigenvalue weighted by Crippen LogP contribution is 2.42. The Morgan fingerprint density at radius 2 is 2.11 bits per heavy atom. The standard InChI is InChI=1S/C21H27NO5/c1-21(2,3)19(24)16-17(13-7-5-8-14(11-13)26-4)22(20(25)18(16)23)12-15-9-6-10-27-15/h5,7-8,11,15,17,23H,6,9-10,12H2,1-4H3. The highest BCUT2D eigenvalue weighted by atomic mass is 16.5. The molecule has 0 radical (unpaired) electrons. The average Bonchev–Trinajstić information content (AvgIpc) is 3.22. The van der Waals surface area contributed by atoms with Crippen LogP contribution in [0.15, 0.2) is 35.6 Å². The number of benzene rings is 1. The second-order valence-electron chi connectivity index (χ2n) is 8.11. The molecular formula is C21H27NO5. The molecule has 27 heavy (non-hydrogen) atoms. The van der Waals surface area contributed by atoms with E-state index in [1.807, 2.05) is 12.1 Å². The summed E-state index contributed by atoms with van der Waals surface area (Å²) < 4.78 is 11.0. The monoisotopic (exact) mass is 373 g/mol. The Kier molecular flexibility index (Phi) is 5.29. The molecule has 2 aliphatic heterocycles. The lowest BCUT2D eigenvalue weighted by Gasteiger charge is -2.30. The minimum atomic E-state index is -0.722. The average molecular weight is 373 g/mol. The maximum Gasteiger partial charge on any atom is 0.290 e. The molecule has 1 aromatic rings. The third-order valence-electron chi connectivity index (χ3n) is 5.06. The molecule has 2 aliphatic rings. The Morgan fingerprint density at radius 1 is 1.37 bits per heavy atom. The predicted molar refractivity (Wildman–Crippen MR) is 101 cm³/mol. The molecule has 1 amide bonds. The van der Waals surface area contributed by atoms with Crippen LogP contribution in [0.4, 0.5) is 0 Å². The molecule has 6 nitrogen and oxygen atoms in total. The summed E-state index contributed by atoms with van der Waals surface area (Å²) in [6.07, 6.45) is 1.72. The summed E-state index contributed by atoms with van der Waals surface area (Å²) in [5.41, 5.74) is 0.164. The largest absolute Gasteiger partial charge is 0.503 e. The maximum atomic E-state index is 13.1. The van der Waals surface area contributed by atoms with Crippen molar-refractivity contribution in [2.24, 2.45) is 5.41 Å². The van der Waals surface area contributed by atoms with Crippen molar-refractivity contribution in [3.63, 3.8) is 0 Å². The first kappa shape index (κ1) is 19.4. The van der Waals surface area contributed by atoms with Crippen LogP contribution in [-0.2, 0) is 14.3 Å². The van der Waals surface area contributed by atoms with Crippen LogP contribution in [0, 0.1) is 5.41 Å². The number of nitrogens with zero attached hydrogens (tertiary/aromatic N) is 1. The zero-order chi connectivity index (χ0) is 19.8. The van der Waals surface area contributed by atoms with Crippen molar-refractivity contribution >= 4 is 11.7 Å². The van der Waals surface area contributed by atoms with Gasteiger partial charge in [-0.15, -0.1) is 0 Å². The van der Waals surface area contributed by atoms with E-state index < -0.39 is 23.1 Å². The Morgan fingerprint density at radius 3 is 2.70 bits per heavy atom. The lowest BCUT2D eigenvalue weighted by Crippen LogP contribution is -2.38. The Hall–Kier alpha value is -2.34. The molecule has 0 saturated carbocycles. The number of hydrogen-bond acceptors (Lipinski definition) is 5. The third kappa shape index (κ3) is 3.72. The van der Waals surface area contributed by atoms with Crippen LogP contribution in [0.2, 0.25) is 0 Å². The van der Waals surface area contributed by atoms with E-state index in [4.69, 9.17) is 9.47 Å². The minimum Gasteiger partial charge on any atom is -0.503 e. The fraction of sp³-hybridized carbons (Fsp3) is 0.524. The zero-order valence-corrected chi connectivity index (χ0v) is 16.3. The molecule has 1 saturated heterocycles. The van der Waals surface area contributed by atoms with E-state index in [1.165, 1.54) is 0 Å². The molecule has 146 valence electrons. The highest BCUT2D eigenvalue weighted by molar-refractivity contribution is 6.10. The number of aliphatic hydroxyl groups excluding tert-OH is 1. The van der Waals surface area contributed by atoms with Gasteiger partial charge in [0.15, 0.2) is 11.5 Å². The van der Waals surface area contributed by atoms with Crippen molar-refractivity contribution in [1.82, 2.24) is 4.90 Å². The van der Waals surface area contributed by atoms with Crippen molar-refractivity contribution in [1.29, 1.82) is 0 Å². The summed E-state index contributed by atoms with van der Waals surface area (Å²) >= 11 is 0. The lowest BCUT2D eigenvalue weighted by atomic mass is 9.82. The van der Waals surface area contributed by atoms with Gasteiger partial charge in [-0.3, -0.25) is 9.59 Å². The predicted octanol–water partition coefficient (Wildman–Crippen LogP) is 3.18. The summed E-state index contributed by atoms with van der Waals surface area (Å²) in [5.74, 6) is -0.589. The fourth-order valence-electron chi connectivity index (χ4n) is 3.64. The van der Waals surface area contributed by atoms with Crippen molar-refractivity contribution < 1.29 is 24.2 Å². The van der Waals surface area contributed by atoms with Crippen molar-refractivity contribution in [2.45, 2.75) is 45.8 Å². The molecule has 2 heterocycles. The Labute approximate surface area is 159 Å². The van der Waals surface area contributed by atoms with Gasteiger partial charge in [-0.25, -0.2) is 0 Å². The Balaban J connectivity index is 2.06. The SMILES string of the molecule is COc1cccc(C2C(C(=O)C(C)(C)C)=C(O)C(=O)N2CC2CCCO2)c1. The summed E-state index contributed by atoms with van der Waals surface area (Å²) in [6.45, 7) is 6.36. The number of carbonyl (C=O) groups is 2. The van der Waals surface area contributed by atoms with Crippen LogP contribution in [0.3, 0.4) is 0 Å². The number of ether oxygens (including phenoxy) is 2. The number of ketones is 1. The van der Waals surface area contributed by atoms with Crippen molar-refractivity contribution in [3.8, 4) is 5.75 Å². The smallest absolute Gasteiger partial charge is 0.290 e. The molecule has 2 atom stereocenters. The second kappa shape index (κ2) is 7.35. The summed E-state index contributed by atoms with van der Waals surface area (Å²) in [4.78, 5) is 27.5. The van der Waals surface area contributed by atoms with Crippen LogP contribution in [-0.4, -0.2) is 48.1 Å². The van der Waals surface area contributed by atoms with Crippen molar-refractivity contribution in [2.75, 3.05) is 20.3 Å². The van der Waals surface area contributed by atoms with Gasteiger partial charge in [0.1, 0.15) is 5.75 Å². The zero-order valence-electron chi connectivity index (χ0n) is 16.3. The molecule has 3 rings (SSSR count). The molecule has 1 N–H and O–H groups in total. The number of aliphatic hydroxyl groups is 1. The maximum absolute atomic E-state index is 13.1. The molecular weight excluding hydrogens is 346 g/mol. The number of Topliss-reactive ketones (excluding diaryl/α,β-unsaturated/α-hetero) is 1. The molecule has 1 fully saturated rings. The van der Waals surface area contributed by atoms with Crippen LogP contribution in [0.5, 0.6) is 5.75 Å². The number of methoxy groups -OCH3 is 1. The molecule has 0 spiro atoms.